The molecule has 0 aliphatic heterocycles. The molecule has 0 unspecified atom stereocenters. The predicted molar refractivity (Wildman–Crippen MR) is 79.1 cm³/mol. The zero-order valence-corrected chi connectivity index (χ0v) is 11.4. The minimum atomic E-state index is -0.681. The number of aromatic nitrogens is 1. The number of hydrogen-bond acceptors (Lipinski definition) is 3. The molecule has 0 saturated heterocycles. The molecule has 21 heavy (non-hydrogen) atoms. The fourth-order valence-electron chi connectivity index (χ4n) is 2.67. The van der Waals surface area contributed by atoms with E-state index in [1.807, 2.05) is 35.8 Å². The van der Waals surface area contributed by atoms with Gasteiger partial charge in [0.25, 0.3) is 0 Å². The fourth-order valence-corrected chi connectivity index (χ4v) is 2.67. The first-order chi connectivity index (χ1) is 10.1. The zero-order valence-electron chi connectivity index (χ0n) is 11.4. The first kappa shape index (κ1) is 13.3. The molecule has 3 aromatic rings. The highest BCUT2D eigenvalue weighted by molar-refractivity contribution is 5.87. The van der Waals surface area contributed by atoms with E-state index in [4.69, 9.17) is 0 Å². The van der Waals surface area contributed by atoms with Crippen molar-refractivity contribution >= 4 is 10.9 Å². The summed E-state index contributed by atoms with van der Waals surface area (Å²) in [7, 11) is 0. The molecule has 3 rings (SSSR count). The number of nitroso groups, excluding NO2 is 1. The number of benzene rings is 2. The van der Waals surface area contributed by atoms with Gasteiger partial charge in [-0.05, 0) is 25.1 Å². The van der Waals surface area contributed by atoms with Crippen LogP contribution in [0.5, 0.6) is 5.75 Å². The van der Waals surface area contributed by atoms with E-state index in [0.717, 1.165) is 22.2 Å². The zero-order chi connectivity index (χ0) is 15.0. The van der Waals surface area contributed by atoms with Gasteiger partial charge in [0.15, 0.2) is 11.6 Å². The Balaban J connectivity index is 2.33. The molecule has 0 atom stereocenters. The van der Waals surface area contributed by atoms with Gasteiger partial charge in [-0.25, -0.2) is 4.39 Å². The first-order valence-corrected chi connectivity index (χ1v) is 6.50. The molecule has 1 heterocycles. The van der Waals surface area contributed by atoms with Crippen molar-refractivity contribution in [1.82, 2.24) is 4.57 Å². The second-order valence-electron chi connectivity index (χ2n) is 4.84. The van der Waals surface area contributed by atoms with Gasteiger partial charge in [-0.15, -0.1) is 0 Å². The maximum absolute atomic E-state index is 13.6. The Kier molecular flexibility index (Phi) is 3.17. The van der Waals surface area contributed by atoms with Gasteiger partial charge < -0.3 is 9.67 Å². The van der Waals surface area contributed by atoms with Crippen molar-refractivity contribution in [3.05, 3.63) is 64.4 Å². The summed E-state index contributed by atoms with van der Waals surface area (Å²) in [4.78, 5) is 10.7. The monoisotopic (exact) mass is 284 g/mol. The normalized spacial score (nSPS) is 11.0. The lowest BCUT2D eigenvalue weighted by atomic mass is 10.1. The maximum atomic E-state index is 13.6. The van der Waals surface area contributed by atoms with Crippen molar-refractivity contribution in [3.63, 3.8) is 0 Å². The van der Waals surface area contributed by atoms with Crippen LogP contribution in [-0.4, -0.2) is 9.67 Å². The molecule has 0 aliphatic rings. The average molecular weight is 284 g/mol. The minimum Gasteiger partial charge on any atom is -0.505 e. The highest BCUT2D eigenvalue weighted by Crippen LogP contribution is 2.31. The van der Waals surface area contributed by atoms with Crippen LogP contribution in [0.25, 0.3) is 16.6 Å². The van der Waals surface area contributed by atoms with Gasteiger partial charge in [0.1, 0.15) is 6.54 Å². The molecule has 106 valence electrons. The summed E-state index contributed by atoms with van der Waals surface area (Å²) in [6.45, 7) is 1.94. The van der Waals surface area contributed by atoms with Crippen molar-refractivity contribution < 1.29 is 9.50 Å². The molecule has 0 bridgehead atoms. The SMILES string of the molecule is Cc1c(CN=O)c2ccccc2n1-c1ccc(O)c(F)c1. The largest absolute Gasteiger partial charge is 0.505 e. The third kappa shape index (κ3) is 2.07. The summed E-state index contributed by atoms with van der Waals surface area (Å²) in [5.74, 6) is -1.07. The second-order valence-corrected chi connectivity index (χ2v) is 4.84. The topological polar surface area (TPSA) is 54.6 Å². The number of rotatable bonds is 3. The van der Waals surface area contributed by atoms with Gasteiger partial charge in [0.2, 0.25) is 0 Å². The molecule has 4 nitrogen and oxygen atoms in total. The van der Waals surface area contributed by atoms with Gasteiger partial charge in [0.05, 0.1) is 5.52 Å². The van der Waals surface area contributed by atoms with Crippen LogP contribution in [0.4, 0.5) is 4.39 Å². The van der Waals surface area contributed by atoms with Crippen LogP contribution in [0, 0.1) is 17.6 Å². The molecular formula is C16H13FN2O2. The molecule has 0 spiro atoms. The molecule has 0 radical (unpaired) electrons. The van der Waals surface area contributed by atoms with Crippen molar-refractivity contribution in [1.29, 1.82) is 0 Å². The van der Waals surface area contributed by atoms with E-state index < -0.39 is 5.82 Å². The molecule has 0 saturated carbocycles. The molecule has 0 fully saturated rings. The van der Waals surface area contributed by atoms with E-state index in [1.165, 1.54) is 12.1 Å². The lowest BCUT2D eigenvalue weighted by Crippen LogP contribution is -1.98. The van der Waals surface area contributed by atoms with Crippen molar-refractivity contribution in [2.75, 3.05) is 0 Å². The van der Waals surface area contributed by atoms with E-state index >= 15 is 0 Å². The number of para-hydroxylation sites is 1. The summed E-state index contributed by atoms with van der Waals surface area (Å²) < 4.78 is 15.5. The Morgan fingerprint density at radius 2 is 2.00 bits per heavy atom. The van der Waals surface area contributed by atoms with Gasteiger partial charge >= 0.3 is 0 Å². The first-order valence-electron chi connectivity index (χ1n) is 6.50. The molecule has 1 aromatic heterocycles. The van der Waals surface area contributed by atoms with Crippen LogP contribution < -0.4 is 0 Å². The number of nitrogens with zero attached hydrogens (tertiary/aromatic N) is 2. The third-order valence-corrected chi connectivity index (χ3v) is 3.65. The Morgan fingerprint density at radius 3 is 2.71 bits per heavy atom. The number of fused-ring (bicyclic) bond motifs is 1. The van der Waals surface area contributed by atoms with E-state index in [9.17, 15) is 14.4 Å². The van der Waals surface area contributed by atoms with E-state index in [1.54, 1.807) is 6.07 Å². The summed E-state index contributed by atoms with van der Waals surface area (Å²) in [6, 6.07) is 11.8. The fraction of sp³-hybridized carbons (Fsp3) is 0.125. The summed E-state index contributed by atoms with van der Waals surface area (Å²) >= 11 is 0. The number of phenols is 1. The van der Waals surface area contributed by atoms with Gasteiger partial charge in [0, 0.05) is 28.4 Å². The number of hydrogen-bond donors (Lipinski definition) is 1. The standard InChI is InChI=1S/C16H13FN2O2/c1-10-13(9-18-21)12-4-2-3-5-15(12)19(10)11-6-7-16(20)14(17)8-11/h2-8,20H,9H2,1H3. The smallest absolute Gasteiger partial charge is 0.166 e. The van der Waals surface area contributed by atoms with Crippen LogP contribution in [0.3, 0.4) is 0 Å². The average Bonchev–Trinajstić information content (AvgIpc) is 2.76. The number of aromatic hydroxyl groups is 1. The van der Waals surface area contributed by atoms with Gasteiger partial charge in [-0.2, -0.15) is 4.91 Å². The van der Waals surface area contributed by atoms with Crippen molar-refractivity contribution in [2.45, 2.75) is 13.5 Å². The van der Waals surface area contributed by atoms with Crippen LogP contribution in [0.2, 0.25) is 0 Å². The lowest BCUT2D eigenvalue weighted by molar-refractivity contribution is 0.432. The Hall–Kier alpha value is -2.69. The molecule has 5 heteroatoms. The third-order valence-electron chi connectivity index (χ3n) is 3.65. The second kappa shape index (κ2) is 5.01. The Labute approximate surface area is 120 Å². The lowest BCUT2D eigenvalue weighted by Gasteiger charge is -2.09. The molecule has 0 amide bonds. The quantitative estimate of drug-likeness (QED) is 0.738. The van der Waals surface area contributed by atoms with Crippen molar-refractivity contribution in [2.24, 2.45) is 5.18 Å². The highest BCUT2D eigenvalue weighted by atomic mass is 19.1. The van der Waals surface area contributed by atoms with E-state index in [-0.39, 0.29) is 12.3 Å². The van der Waals surface area contributed by atoms with Crippen LogP contribution in [0.1, 0.15) is 11.3 Å². The van der Waals surface area contributed by atoms with Crippen LogP contribution >= 0.6 is 0 Å². The van der Waals surface area contributed by atoms with Crippen LogP contribution in [-0.2, 0) is 6.54 Å². The Morgan fingerprint density at radius 1 is 1.24 bits per heavy atom. The van der Waals surface area contributed by atoms with Gasteiger partial charge in [-0.3, -0.25) is 0 Å². The summed E-state index contributed by atoms with van der Waals surface area (Å²) in [5, 5.41) is 13.2. The van der Waals surface area contributed by atoms with Gasteiger partial charge in [-0.1, -0.05) is 23.4 Å². The summed E-state index contributed by atoms with van der Waals surface area (Å²) in [6.07, 6.45) is 0. The highest BCUT2D eigenvalue weighted by Gasteiger charge is 2.15. The maximum Gasteiger partial charge on any atom is 0.166 e. The number of phenolic OH excluding ortho intramolecular Hbond substituents is 1. The Bertz CT molecular complexity index is 840. The summed E-state index contributed by atoms with van der Waals surface area (Å²) in [5.41, 5.74) is 3.13. The predicted octanol–water partition coefficient (Wildman–Crippen LogP) is 4.05. The molecule has 2 aromatic carbocycles. The molecule has 1 N–H and O–H groups in total. The minimum absolute atomic E-state index is 0.0694. The molecular weight excluding hydrogens is 271 g/mol. The van der Waals surface area contributed by atoms with Crippen LogP contribution in [0.15, 0.2) is 47.6 Å². The van der Waals surface area contributed by atoms with E-state index in [0.29, 0.717) is 5.69 Å². The molecule has 0 aliphatic carbocycles. The van der Waals surface area contributed by atoms with E-state index in [2.05, 4.69) is 5.18 Å². The number of halogens is 1. The van der Waals surface area contributed by atoms with Crippen molar-refractivity contribution in [3.8, 4) is 11.4 Å².